The second kappa shape index (κ2) is 5.88. The van der Waals surface area contributed by atoms with Gasteiger partial charge >= 0.3 is 0 Å². The molecule has 1 heterocycles. The fourth-order valence-electron chi connectivity index (χ4n) is 2.66. The predicted molar refractivity (Wildman–Crippen MR) is 86.4 cm³/mol. The van der Waals surface area contributed by atoms with Crippen LogP contribution in [0.2, 0.25) is 0 Å². The van der Waals surface area contributed by atoms with Gasteiger partial charge in [-0.25, -0.2) is 0 Å². The number of hydrogen-bond acceptors (Lipinski definition) is 2. The molecule has 0 amide bonds. The third kappa shape index (κ3) is 2.83. The highest BCUT2D eigenvalue weighted by molar-refractivity contribution is 9.10. The highest BCUT2D eigenvalue weighted by atomic mass is 79.9. The molecule has 0 aromatic heterocycles. The first-order valence-electron chi connectivity index (χ1n) is 6.98. The predicted octanol–water partition coefficient (Wildman–Crippen LogP) is 5.08. The molecular formula is C17H18BrNO. The van der Waals surface area contributed by atoms with E-state index in [0.717, 1.165) is 35.4 Å². The molecule has 0 fully saturated rings. The maximum absolute atomic E-state index is 5.92. The lowest BCUT2D eigenvalue weighted by Crippen LogP contribution is -2.10. The fourth-order valence-corrected chi connectivity index (χ4v) is 2.93. The molecule has 0 radical (unpaired) electrons. The molecule has 2 aromatic carbocycles. The van der Waals surface area contributed by atoms with Crippen molar-refractivity contribution in [3.63, 3.8) is 0 Å². The van der Waals surface area contributed by atoms with Crippen molar-refractivity contribution in [2.24, 2.45) is 0 Å². The van der Waals surface area contributed by atoms with E-state index in [1.807, 2.05) is 0 Å². The average Bonchev–Trinajstić information content (AvgIpc) is 2.65. The Kier molecular flexibility index (Phi) is 3.97. The summed E-state index contributed by atoms with van der Waals surface area (Å²) in [5.41, 5.74) is 3.63. The molecular weight excluding hydrogens is 314 g/mol. The first-order valence-corrected chi connectivity index (χ1v) is 7.78. The Morgan fingerprint density at radius 2 is 1.95 bits per heavy atom. The van der Waals surface area contributed by atoms with Gasteiger partial charge in [-0.05, 0) is 49.6 Å². The third-order valence-electron chi connectivity index (χ3n) is 3.69. The van der Waals surface area contributed by atoms with Gasteiger partial charge in [-0.2, -0.15) is 0 Å². The van der Waals surface area contributed by atoms with E-state index in [2.05, 4.69) is 70.6 Å². The highest BCUT2D eigenvalue weighted by Crippen LogP contribution is 2.36. The number of nitrogens with one attached hydrogen (secondary N) is 1. The Bertz CT molecular complexity index is 594. The van der Waals surface area contributed by atoms with Gasteiger partial charge in [0.2, 0.25) is 0 Å². The van der Waals surface area contributed by atoms with Gasteiger partial charge in [-0.3, -0.25) is 0 Å². The number of anilines is 1. The first-order chi connectivity index (χ1) is 9.74. The van der Waals surface area contributed by atoms with Crippen molar-refractivity contribution >= 4 is 21.6 Å². The van der Waals surface area contributed by atoms with E-state index in [1.54, 1.807) is 0 Å². The van der Waals surface area contributed by atoms with Crippen LogP contribution in [-0.4, -0.2) is 6.61 Å². The molecule has 104 valence electrons. The Labute approximate surface area is 128 Å². The van der Waals surface area contributed by atoms with Gasteiger partial charge in [0.05, 0.1) is 12.6 Å². The summed E-state index contributed by atoms with van der Waals surface area (Å²) >= 11 is 3.47. The SMILES string of the molecule is Cc1cccc2c1OCCCC2Nc1ccc(Br)cc1. The van der Waals surface area contributed by atoms with Gasteiger partial charge in [0, 0.05) is 15.7 Å². The smallest absolute Gasteiger partial charge is 0.127 e. The van der Waals surface area contributed by atoms with Crippen molar-refractivity contribution < 1.29 is 4.74 Å². The normalized spacial score (nSPS) is 17.8. The Hall–Kier alpha value is -1.48. The summed E-state index contributed by atoms with van der Waals surface area (Å²) in [5, 5.41) is 3.63. The molecule has 0 spiro atoms. The monoisotopic (exact) mass is 331 g/mol. The van der Waals surface area contributed by atoms with E-state index in [0.29, 0.717) is 6.04 Å². The van der Waals surface area contributed by atoms with Crippen LogP contribution in [0.5, 0.6) is 5.75 Å². The number of hydrogen-bond donors (Lipinski definition) is 1. The zero-order chi connectivity index (χ0) is 13.9. The molecule has 1 N–H and O–H groups in total. The lowest BCUT2D eigenvalue weighted by molar-refractivity contribution is 0.314. The Morgan fingerprint density at radius 3 is 2.75 bits per heavy atom. The number of benzene rings is 2. The summed E-state index contributed by atoms with van der Waals surface area (Å²) in [7, 11) is 0. The molecule has 0 saturated heterocycles. The third-order valence-corrected chi connectivity index (χ3v) is 4.22. The molecule has 1 atom stereocenters. The Balaban J connectivity index is 1.90. The molecule has 2 aromatic rings. The van der Waals surface area contributed by atoms with E-state index in [4.69, 9.17) is 4.74 Å². The number of fused-ring (bicyclic) bond motifs is 1. The van der Waals surface area contributed by atoms with E-state index in [-0.39, 0.29) is 0 Å². The molecule has 3 heteroatoms. The summed E-state index contributed by atoms with van der Waals surface area (Å²) < 4.78 is 7.02. The van der Waals surface area contributed by atoms with Gasteiger partial charge in [-0.15, -0.1) is 0 Å². The van der Waals surface area contributed by atoms with Crippen molar-refractivity contribution in [2.45, 2.75) is 25.8 Å². The number of rotatable bonds is 2. The first kappa shape index (κ1) is 13.5. The molecule has 0 aliphatic carbocycles. The second-order valence-electron chi connectivity index (χ2n) is 5.19. The summed E-state index contributed by atoms with van der Waals surface area (Å²) in [6.07, 6.45) is 2.16. The fraction of sp³-hybridized carbons (Fsp3) is 0.294. The van der Waals surface area contributed by atoms with Crippen LogP contribution in [0.25, 0.3) is 0 Å². The molecule has 20 heavy (non-hydrogen) atoms. The maximum atomic E-state index is 5.92. The van der Waals surface area contributed by atoms with E-state index in [1.165, 1.54) is 11.1 Å². The summed E-state index contributed by atoms with van der Waals surface area (Å²) in [5.74, 6) is 1.06. The van der Waals surface area contributed by atoms with Gasteiger partial charge < -0.3 is 10.1 Å². The van der Waals surface area contributed by atoms with E-state index < -0.39 is 0 Å². The van der Waals surface area contributed by atoms with Crippen LogP contribution < -0.4 is 10.1 Å². The molecule has 2 nitrogen and oxygen atoms in total. The summed E-state index contributed by atoms with van der Waals surface area (Å²) in [6, 6.07) is 15.0. The molecule has 1 aliphatic rings. The molecule has 0 bridgehead atoms. The maximum Gasteiger partial charge on any atom is 0.127 e. The molecule has 0 saturated carbocycles. The molecule has 1 aliphatic heterocycles. The van der Waals surface area contributed by atoms with Crippen molar-refractivity contribution in [3.05, 3.63) is 58.1 Å². The Morgan fingerprint density at radius 1 is 1.15 bits per heavy atom. The quantitative estimate of drug-likeness (QED) is 0.828. The van der Waals surface area contributed by atoms with Crippen LogP contribution in [0.1, 0.15) is 30.0 Å². The van der Waals surface area contributed by atoms with Gasteiger partial charge in [0.25, 0.3) is 0 Å². The van der Waals surface area contributed by atoms with Gasteiger partial charge in [0.15, 0.2) is 0 Å². The minimum absolute atomic E-state index is 0.313. The van der Waals surface area contributed by atoms with E-state index in [9.17, 15) is 0 Å². The lowest BCUT2D eigenvalue weighted by Gasteiger charge is -2.20. The van der Waals surface area contributed by atoms with Crippen LogP contribution in [0.4, 0.5) is 5.69 Å². The van der Waals surface area contributed by atoms with Crippen molar-refractivity contribution in [3.8, 4) is 5.75 Å². The number of ether oxygens (including phenoxy) is 1. The number of aryl methyl sites for hydroxylation is 1. The zero-order valence-electron chi connectivity index (χ0n) is 11.5. The average molecular weight is 332 g/mol. The number of halogens is 1. The highest BCUT2D eigenvalue weighted by Gasteiger charge is 2.20. The summed E-state index contributed by atoms with van der Waals surface area (Å²) in [4.78, 5) is 0. The van der Waals surface area contributed by atoms with Gasteiger partial charge in [-0.1, -0.05) is 34.1 Å². The van der Waals surface area contributed by atoms with Gasteiger partial charge in [0.1, 0.15) is 5.75 Å². The number of para-hydroxylation sites is 1. The largest absolute Gasteiger partial charge is 0.493 e. The van der Waals surface area contributed by atoms with Crippen LogP contribution in [0.15, 0.2) is 46.9 Å². The summed E-state index contributed by atoms with van der Waals surface area (Å²) in [6.45, 7) is 2.91. The minimum Gasteiger partial charge on any atom is -0.493 e. The van der Waals surface area contributed by atoms with E-state index >= 15 is 0 Å². The van der Waals surface area contributed by atoms with Crippen molar-refractivity contribution in [1.29, 1.82) is 0 Å². The topological polar surface area (TPSA) is 21.3 Å². The molecule has 1 unspecified atom stereocenters. The van der Waals surface area contributed by atoms with Crippen LogP contribution in [0.3, 0.4) is 0 Å². The minimum atomic E-state index is 0.313. The second-order valence-corrected chi connectivity index (χ2v) is 6.10. The van der Waals surface area contributed by atoms with Crippen LogP contribution >= 0.6 is 15.9 Å². The molecule has 3 rings (SSSR count). The van der Waals surface area contributed by atoms with Crippen LogP contribution in [-0.2, 0) is 0 Å². The lowest BCUT2D eigenvalue weighted by atomic mass is 9.99. The standard InChI is InChI=1S/C17H18BrNO/c1-12-4-2-5-15-16(6-3-11-20-17(12)15)19-14-9-7-13(18)8-10-14/h2,4-5,7-10,16,19H,3,6,11H2,1H3. The van der Waals surface area contributed by atoms with Crippen molar-refractivity contribution in [1.82, 2.24) is 0 Å². The van der Waals surface area contributed by atoms with Crippen LogP contribution in [0, 0.1) is 6.92 Å². The zero-order valence-corrected chi connectivity index (χ0v) is 13.1. The van der Waals surface area contributed by atoms with Crippen molar-refractivity contribution in [2.75, 3.05) is 11.9 Å².